The van der Waals surface area contributed by atoms with Crippen molar-refractivity contribution in [1.29, 1.82) is 0 Å². The summed E-state index contributed by atoms with van der Waals surface area (Å²) in [4.78, 5) is 26.1. The normalized spacial score (nSPS) is 18.5. The molecule has 1 aromatic heterocycles. The van der Waals surface area contributed by atoms with Crippen molar-refractivity contribution >= 4 is 23.5 Å². The van der Waals surface area contributed by atoms with E-state index in [9.17, 15) is 4.79 Å². The second-order valence-electron chi connectivity index (χ2n) is 12.5. The van der Waals surface area contributed by atoms with Gasteiger partial charge in [0.05, 0.1) is 0 Å². The van der Waals surface area contributed by atoms with Gasteiger partial charge in [0.25, 0.3) is 0 Å². The summed E-state index contributed by atoms with van der Waals surface area (Å²) in [7, 11) is 0. The average Bonchev–Trinajstić information content (AvgIpc) is 3.55. The van der Waals surface area contributed by atoms with Crippen LogP contribution in [0, 0.1) is 5.92 Å². The highest BCUT2D eigenvalue weighted by atomic mass is 16.2. The van der Waals surface area contributed by atoms with Gasteiger partial charge < -0.3 is 31.5 Å². The Morgan fingerprint density at radius 3 is 2.29 bits per heavy atom. The molecule has 1 aliphatic heterocycles. The Hall–Kier alpha value is -2.91. The average molecular weight is 577 g/mol. The summed E-state index contributed by atoms with van der Waals surface area (Å²) in [6.07, 6.45) is 15.0. The lowest BCUT2D eigenvalue weighted by Crippen LogP contribution is -2.49. The molecule has 5 N–H and O–H groups in total. The fraction of sp³-hybridized carbons (Fsp3) is 0.667. The number of nitrogens with zero attached hydrogens (tertiary/aromatic N) is 4. The van der Waals surface area contributed by atoms with E-state index in [2.05, 4.69) is 50.1 Å². The van der Waals surface area contributed by atoms with Gasteiger partial charge in [0.15, 0.2) is 0 Å². The van der Waals surface area contributed by atoms with E-state index in [1.165, 1.54) is 68.9 Å². The van der Waals surface area contributed by atoms with Crippen molar-refractivity contribution in [2.75, 3.05) is 55.2 Å². The van der Waals surface area contributed by atoms with Crippen molar-refractivity contribution in [2.45, 2.75) is 96.2 Å². The first-order chi connectivity index (χ1) is 20.6. The largest absolute Gasteiger partial charge is 0.383 e. The Bertz CT molecular complexity index is 1090. The fourth-order valence-corrected chi connectivity index (χ4v) is 6.68. The monoisotopic (exact) mass is 576 g/mol. The fourth-order valence-electron chi connectivity index (χ4n) is 6.68. The van der Waals surface area contributed by atoms with E-state index in [4.69, 9.17) is 10.7 Å². The molecule has 2 aromatic rings. The van der Waals surface area contributed by atoms with Crippen LogP contribution >= 0.6 is 0 Å². The number of carbonyl (C=O) groups excluding carboxylic acids is 1. The molecule has 9 heteroatoms. The van der Waals surface area contributed by atoms with Crippen LogP contribution < -0.4 is 26.6 Å². The van der Waals surface area contributed by atoms with Crippen LogP contribution in [0.3, 0.4) is 0 Å². The molecule has 0 atom stereocenters. The molecule has 2 saturated carbocycles. The molecule has 1 amide bonds. The Morgan fingerprint density at radius 2 is 1.55 bits per heavy atom. The van der Waals surface area contributed by atoms with Crippen LogP contribution in [-0.4, -0.2) is 66.1 Å². The van der Waals surface area contributed by atoms with Crippen LogP contribution in [0.2, 0.25) is 0 Å². The number of aromatic nitrogens is 2. The Kier molecular flexibility index (Phi) is 11.7. The number of piperazine rings is 1. The third kappa shape index (κ3) is 9.56. The smallest absolute Gasteiger partial charge is 0.226 e. The van der Waals surface area contributed by atoms with Gasteiger partial charge in [-0.05, 0) is 55.8 Å². The lowest BCUT2D eigenvalue weighted by Gasteiger charge is -2.35. The van der Waals surface area contributed by atoms with Crippen molar-refractivity contribution in [2.24, 2.45) is 5.92 Å². The van der Waals surface area contributed by atoms with Gasteiger partial charge in [0.2, 0.25) is 11.9 Å². The lowest BCUT2D eigenvalue weighted by atomic mass is 9.95. The number of nitrogen functional groups attached to an aromatic ring is 1. The lowest BCUT2D eigenvalue weighted by molar-refractivity contribution is -0.131. The SMILES string of the molecule is Nc1cc(N2CCN(C(=O)CCC3CCCC3)CC2)nc(NCc2ccc(CNCCCNC3CCCCC3)cc2)n1. The molecule has 3 aliphatic rings. The van der Waals surface area contributed by atoms with Crippen molar-refractivity contribution in [3.63, 3.8) is 0 Å². The Morgan fingerprint density at radius 1 is 0.857 bits per heavy atom. The molecular weight excluding hydrogens is 524 g/mol. The molecule has 0 radical (unpaired) electrons. The second kappa shape index (κ2) is 16.1. The minimum Gasteiger partial charge on any atom is -0.383 e. The number of amides is 1. The van der Waals surface area contributed by atoms with Crippen LogP contribution in [0.15, 0.2) is 30.3 Å². The Labute approximate surface area is 252 Å². The van der Waals surface area contributed by atoms with Crippen LogP contribution in [-0.2, 0) is 17.9 Å². The Balaban J connectivity index is 0.999. The highest BCUT2D eigenvalue weighted by Gasteiger charge is 2.24. The molecule has 9 nitrogen and oxygen atoms in total. The molecule has 0 spiro atoms. The highest BCUT2D eigenvalue weighted by molar-refractivity contribution is 5.76. The number of nitrogens with one attached hydrogen (secondary N) is 3. The van der Waals surface area contributed by atoms with Gasteiger partial charge >= 0.3 is 0 Å². The summed E-state index contributed by atoms with van der Waals surface area (Å²) in [6.45, 7) is 6.64. The van der Waals surface area contributed by atoms with Crippen molar-refractivity contribution < 1.29 is 4.79 Å². The van der Waals surface area contributed by atoms with Gasteiger partial charge in [-0.3, -0.25) is 4.79 Å². The molecule has 2 aliphatic carbocycles. The van der Waals surface area contributed by atoms with Crippen molar-refractivity contribution in [3.8, 4) is 0 Å². The molecule has 0 bridgehead atoms. The van der Waals surface area contributed by atoms with Crippen LogP contribution in [0.5, 0.6) is 0 Å². The standard InChI is InChI=1S/C33H52N8O/c34-30-23-31(40-19-21-41(22-20-40)32(42)16-15-26-7-4-5-8-26)39-33(38-30)37-25-28-13-11-27(12-14-28)24-35-17-6-18-36-29-9-2-1-3-10-29/h11-14,23,26,29,35-36H,1-10,15-22,24-25H2,(H3,34,37,38,39). The van der Waals surface area contributed by atoms with Crippen LogP contribution in [0.25, 0.3) is 0 Å². The first-order valence-electron chi connectivity index (χ1n) is 16.6. The van der Waals surface area contributed by atoms with Gasteiger partial charge in [-0.1, -0.05) is 69.2 Å². The second-order valence-corrected chi connectivity index (χ2v) is 12.5. The molecular formula is C33H52N8O. The highest BCUT2D eigenvalue weighted by Crippen LogP contribution is 2.29. The predicted octanol–water partition coefficient (Wildman–Crippen LogP) is 4.69. The van der Waals surface area contributed by atoms with Crippen LogP contribution in [0.1, 0.15) is 88.2 Å². The van der Waals surface area contributed by atoms with Gasteiger partial charge in [-0.2, -0.15) is 9.97 Å². The number of benzene rings is 1. The third-order valence-corrected chi connectivity index (χ3v) is 9.30. The number of rotatable bonds is 14. The maximum atomic E-state index is 12.7. The van der Waals surface area contributed by atoms with Gasteiger partial charge in [0.1, 0.15) is 11.6 Å². The molecule has 5 rings (SSSR count). The molecule has 3 fully saturated rings. The van der Waals surface area contributed by atoms with E-state index >= 15 is 0 Å². The molecule has 0 unspecified atom stereocenters. The minimum atomic E-state index is 0.301. The molecule has 42 heavy (non-hydrogen) atoms. The minimum absolute atomic E-state index is 0.301. The number of hydrogen-bond donors (Lipinski definition) is 4. The maximum Gasteiger partial charge on any atom is 0.226 e. The van der Waals surface area contributed by atoms with E-state index < -0.39 is 0 Å². The third-order valence-electron chi connectivity index (χ3n) is 9.30. The quantitative estimate of drug-likeness (QED) is 0.240. The summed E-state index contributed by atoms with van der Waals surface area (Å²) in [5, 5.41) is 10.6. The zero-order valence-corrected chi connectivity index (χ0v) is 25.5. The molecule has 1 saturated heterocycles. The molecule has 230 valence electrons. The van der Waals surface area contributed by atoms with E-state index in [1.807, 2.05) is 11.0 Å². The first-order valence-corrected chi connectivity index (χ1v) is 16.6. The number of hydrogen-bond acceptors (Lipinski definition) is 8. The van der Waals surface area contributed by atoms with E-state index in [-0.39, 0.29) is 0 Å². The first kappa shape index (κ1) is 30.5. The van der Waals surface area contributed by atoms with Crippen molar-refractivity contribution in [1.82, 2.24) is 25.5 Å². The van der Waals surface area contributed by atoms with Gasteiger partial charge in [-0.15, -0.1) is 0 Å². The number of nitrogens with two attached hydrogens (primary N) is 1. The van der Waals surface area contributed by atoms with E-state index in [0.29, 0.717) is 30.6 Å². The zero-order chi connectivity index (χ0) is 29.0. The predicted molar refractivity (Wildman–Crippen MR) is 171 cm³/mol. The van der Waals surface area contributed by atoms with Crippen molar-refractivity contribution in [3.05, 3.63) is 41.5 Å². The van der Waals surface area contributed by atoms with E-state index in [1.54, 1.807) is 0 Å². The maximum absolute atomic E-state index is 12.7. The van der Waals surface area contributed by atoms with E-state index in [0.717, 1.165) is 76.4 Å². The zero-order valence-electron chi connectivity index (χ0n) is 25.5. The van der Waals surface area contributed by atoms with Gasteiger partial charge in [0, 0.05) is 57.8 Å². The summed E-state index contributed by atoms with van der Waals surface area (Å²) in [5.74, 6) is 2.86. The summed E-state index contributed by atoms with van der Waals surface area (Å²) in [6, 6.07) is 11.3. The number of anilines is 3. The molecule has 2 heterocycles. The van der Waals surface area contributed by atoms with Gasteiger partial charge in [-0.25, -0.2) is 0 Å². The molecule has 1 aromatic carbocycles. The summed E-state index contributed by atoms with van der Waals surface area (Å²) < 4.78 is 0. The summed E-state index contributed by atoms with van der Waals surface area (Å²) >= 11 is 0. The summed E-state index contributed by atoms with van der Waals surface area (Å²) in [5.41, 5.74) is 8.61. The number of carbonyl (C=O) groups is 1. The van der Waals surface area contributed by atoms with Crippen LogP contribution in [0.4, 0.5) is 17.6 Å². The topological polar surface area (TPSA) is 111 Å².